The molecule has 6 aliphatic rings. The number of phenols is 1. The van der Waals surface area contributed by atoms with Gasteiger partial charge in [0.2, 0.25) is 0 Å². The molecule has 0 aliphatic heterocycles. The first-order valence-electron chi connectivity index (χ1n) is 6.16. The molecule has 0 unspecified atom stereocenters. The van der Waals surface area contributed by atoms with Crippen LogP contribution in [-0.4, -0.2) is 5.11 Å². The third kappa shape index (κ3) is 0.332. The summed E-state index contributed by atoms with van der Waals surface area (Å²) in [5.41, 5.74) is 2.05. The van der Waals surface area contributed by atoms with Gasteiger partial charge in [0.15, 0.2) is 0 Å². The van der Waals surface area contributed by atoms with E-state index in [0.717, 1.165) is 35.5 Å². The molecule has 0 spiro atoms. The van der Waals surface area contributed by atoms with Crippen molar-refractivity contribution in [3.63, 3.8) is 0 Å². The van der Waals surface area contributed by atoms with Crippen molar-refractivity contribution in [1.82, 2.24) is 0 Å². The third-order valence-electron chi connectivity index (χ3n) is 6.82. The van der Waals surface area contributed by atoms with E-state index in [1.54, 1.807) is 6.07 Å². The van der Waals surface area contributed by atoms with Gasteiger partial charge in [0.25, 0.3) is 0 Å². The fourth-order valence-electron chi connectivity index (χ4n) is 6.78. The normalized spacial score (nSPS) is 67.9. The van der Waals surface area contributed by atoms with Crippen molar-refractivity contribution in [3.05, 3.63) is 29.8 Å². The second kappa shape index (κ2) is 1.45. The minimum Gasteiger partial charge on any atom is -0.508 e. The molecule has 0 saturated heterocycles. The van der Waals surface area contributed by atoms with Crippen molar-refractivity contribution < 1.29 is 5.11 Å². The molecule has 0 radical (unpaired) electrons. The van der Waals surface area contributed by atoms with E-state index < -0.39 is 0 Å². The highest BCUT2D eigenvalue weighted by Crippen LogP contribution is 3.05. The molecule has 1 aromatic carbocycles. The first-order valence-corrected chi connectivity index (χ1v) is 6.16. The average molecular weight is 196 g/mol. The summed E-state index contributed by atoms with van der Waals surface area (Å²) in [6.45, 7) is 0. The lowest BCUT2D eigenvalue weighted by Gasteiger charge is -3.08. The Bertz CT molecular complexity index is 481. The number of hydrogen-bond donors (Lipinski definition) is 1. The molecule has 6 saturated carbocycles. The van der Waals surface area contributed by atoms with Gasteiger partial charge in [0.1, 0.15) is 5.75 Å². The summed E-state index contributed by atoms with van der Waals surface area (Å²) in [7, 11) is 0. The van der Waals surface area contributed by atoms with Gasteiger partial charge in [-0.15, -0.1) is 0 Å². The molecule has 0 heterocycles. The summed E-state index contributed by atoms with van der Waals surface area (Å²) >= 11 is 0. The van der Waals surface area contributed by atoms with Crippen LogP contribution < -0.4 is 0 Å². The average Bonchev–Trinajstić information content (AvgIpc) is 2.29. The molecule has 6 fully saturated rings. The molecule has 6 aliphatic carbocycles. The maximum absolute atomic E-state index is 9.59. The number of benzene rings is 1. The summed E-state index contributed by atoms with van der Waals surface area (Å²) in [6.07, 6.45) is 0. The Morgan fingerprint density at radius 3 is 2.20 bits per heavy atom. The van der Waals surface area contributed by atoms with Gasteiger partial charge in [-0.25, -0.2) is 0 Å². The summed E-state index contributed by atoms with van der Waals surface area (Å²) in [5, 5.41) is 9.59. The van der Waals surface area contributed by atoms with E-state index in [0.29, 0.717) is 11.2 Å². The highest BCUT2D eigenvalue weighted by Gasteiger charge is 3.04. The predicted molar refractivity (Wildman–Crippen MR) is 54.2 cm³/mol. The summed E-state index contributed by atoms with van der Waals surface area (Å²) in [4.78, 5) is 0. The first kappa shape index (κ1) is 6.57. The highest BCUT2D eigenvalue weighted by atomic mass is 16.3. The third-order valence-corrected chi connectivity index (χ3v) is 6.82. The van der Waals surface area contributed by atoms with Gasteiger partial charge < -0.3 is 5.11 Å². The Hall–Kier alpha value is -0.980. The molecule has 15 heavy (non-hydrogen) atoms. The van der Waals surface area contributed by atoms with E-state index in [9.17, 15) is 5.11 Å². The molecule has 1 N–H and O–H groups in total. The van der Waals surface area contributed by atoms with Crippen LogP contribution in [0.15, 0.2) is 24.3 Å². The molecule has 0 aromatic heterocycles. The van der Waals surface area contributed by atoms with Gasteiger partial charge in [0, 0.05) is 5.41 Å². The van der Waals surface area contributed by atoms with Crippen molar-refractivity contribution >= 4 is 0 Å². The lowest BCUT2D eigenvalue weighted by Crippen LogP contribution is -3.06. The van der Waals surface area contributed by atoms with Crippen molar-refractivity contribution in [2.45, 2.75) is 5.41 Å². The van der Waals surface area contributed by atoms with Crippen LogP contribution >= 0.6 is 0 Å². The second-order valence-electron chi connectivity index (χ2n) is 6.37. The fraction of sp³-hybridized carbons (Fsp3) is 0.571. The molecule has 1 nitrogen and oxygen atoms in total. The van der Waals surface area contributed by atoms with E-state index in [1.165, 1.54) is 11.5 Å². The number of hydrogen-bond acceptors (Lipinski definition) is 1. The summed E-state index contributed by atoms with van der Waals surface area (Å²) in [6, 6.07) is 8.10. The van der Waals surface area contributed by atoms with Crippen molar-refractivity contribution in [1.29, 1.82) is 0 Å². The molecule has 7 rings (SSSR count). The predicted octanol–water partition coefficient (Wildman–Crippen LogP) is 2.01. The Labute approximate surface area is 88.1 Å². The lowest BCUT2D eigenvalue weighted by molar-refractivity contribution is -0.581. The van der Waals surface area contributed by atoms with Crippen LogP contribution in [0.3, 0.4) is 0 Å². The minimum atomic E-state index is 0.459. The Morgan fingerprint density at radius 2 is 1.60 bits per heavy atom. The zero-order chi connectivity index (χ0) is 9.52. The van der Waals surface area contributed by atoms with Crippen LogP contribution in [0.5, 0.6) is 5.75 Å². The van der Waals surface area contributed by atoms with Crippen LogP contribution in [0.1, 0.15) is 5.56 Å². The number of aromatic hydroxyl groups is 1. The summed E-state index contributed by atoms with van der Waals surface area (Å²) < 4.78 is 0. The van der Waals surface area contributed by atoms with E-state index in [1.807, 2.05) is 12.1 Å². The zero-order valence-electron chi connectivity index (χ0n) is 8.30. The highest BCUT2D eigenvalue weighted by molar-refractivity contribution is 5.60. The quantitative estimate of drug-likeness (QED) is 0.728. The van der Waals surface area contributed by atoms with E-state index in [2.05, 4.69) is 6.07 Å². The van der Waals surface area contributed by atoms with E-state index >= 15 is 0 Å². The van der Waals surface area contributed by atoms with Crippen LogP contribution in [0, 0.1) is 41.4 Å². The Morgan fingerprint density at radius 1 is 0.933 bits per heavy atom. The monoisotopic (exact) mass is 196 g/mol. The van der Waals surface area contributed by atoms with Crippen molar-refractivity contribution in [2.75, 3.05) is 0 Å². The molecule has 0 bridgehead atoms. The van der Waals surface area contributed by atoms with Crippen LogP contribution in [0.2, 0.25) is 0 Å². The number of phenolic OH excluding ortho intramolecular Hbond substituents is 1. The van der Waals surface area contributed by atoms with E-state index in [4.69, 9.17) is 0 Å². The second-order valence-corrected chi connectivity index (χ2v) is 6.37. The molecule has 1 aromatic rings. The molecule has 74 valence electrons. The number of rotatable bonds is 1. The van der Waals surface area contributed by atoms with Crippen LogP contribution in [0.25, 0.3) is 0 Å². The summed E-state index contributed by atoms with van der Waals surface area (Å²) in [5.74, 6) is 8.18. The van der Waals surface area contributed by atoms with Gasteiger partial charge in [-0.3, -0.25) is 0 Å². The Kier molecular flexibility index (Phi) is 0.635. The van der Waals surface area contributed by atoms with Gasteiger partial charge in [0.05, 0.1) is 0 Å². The molecule has 1 heteroatoms. The smallest absolute Gasteiger partial charge is 0.115 e. The fourth-order valence-corrected chi connectivity index (χ4v) is 6.78. The van der Waals surface area contributed by atoms with Gasteiger partial charge in [-0.05, 0) is 59.1 Å². The molecule has 0 amide bonds. The van der Waals surface area contributed by atoms with Crippen LogP contribution in [-0.2, 0) is 5.41 Å². The lowest BCUT2D eigenvalue weighted by atomic mass is 8.96. The first-order chi connectivity index (χ1) is 7.37. The van der Waals surface area contributed by atoms with Gasteiger partial charge in [-0.1, -0.05) is 12.1 Å². The minimum absolute atomic E-state index is 0.459. The topological polar surface area (TPSA) is 20.2 Å². The van der Waals surface area contributed by atoms with E-state index in [-0.39, 0.29) is 0 Å². The van der Waals surface area contributed by atoms with Crippen molar-refractivity contribution in [3.8, 4) is 5.75 Å². The zero-order valence-corrected chi connectivity index (χ0v) is 8.30. The molecular weight excluding hydrogens is 184 g/mol. The maximum atomic E-state index is 9.59. The molecule has 0 atom stereocenters. The molecular formula is C14H12O. The van der Waals surface area contributed by atoms with Crippen molar-refractivity contribution in [2.24, 2.45) is 41.4 Å². The van der Waals surface area contributed by atoms with Crippen LogP contribution in [0.4, 0.5) is 0 Å². The maximum Gasteiger partial charge on any atom is 0.115 e. The van der Waals surface area contributed by atoms with Gasteiger partial charge >= 0.3 is 0 Å². The SMILES string of the molecule is Oc1cccc(C23C4C5C6C4C2C6C53)c1. The standard InChI is InChI=1S/C14H12O/c15-6-3-1-2-5(4-6)14-11-8-7-9(11)13(14)10(7)12(8)14/h1-4,7-13,15H. The Balaban J connectivity index is 1.58. The largest absolute Gasteiger partial charge is 0.508 e. The van der Waals surface area contributed by atoms with Gasteiger partial charge in [-0.2, -0.15) is 0 Å².